The predicted molar refractivity (Wildman–Crippen MR) is 110 cm³/mol. The van der Waals surface area contributed by atoms with Crippen LogP contribution < -0.4 is 0 Å². The zero-order valence-corrected chi connectivity index (χ0v) is 16.9. The Morgan fingerprint density at radius 3 is 2.00 bits per heavy atom. The number of hydrogen-bond acceptors (Lipinski definition) is 3. The number of nitrogens with zero attached hydrogens (tertiary/aromatic N) is 1. The van der Waals surface area contributed by atoms with E-state index in [1.54, 1.807) is 0 Å². The fourth-order valence-corrected chi connectivity index (χ4v) is 4.18. The zero-order chi connectivity index (χ0) is 19.5. The molecule has 1 saturated heterocycles. The van der Waals surface area contributed by atoms with Gasteiger partial charge < -0.3 is 0 Å². The van der Waals surface area contributed by atoms with E-state index in [9.17, 15) is 4.79 Å². The molecule has 0 bridgehead atoms. The van der Waals surface area contributed by atoms with Crippen LogP contribution in [-0.2, 0) is 11.3 Å². The fourth-order valence-electron chi connectivity index (χ4n) is 4.18. The van der Waals surface area contributed by atoms with Crippen molar-refractivity contribution in [3.63, 3.8) is 0 Å². The number of ketones is 1. The first-order valence-electron chi connectivity index (χ1n) is 9.90. The SMILES string of the molecule is CC1(C)CCCC(C)(C)N1OC(Cc1ccccc1)C(=O)c1ccccc1. The minimum atomic E-state index is -0.536. The summed E-state index contributed by atoms with van der Waals surface area (Å²) < 4.78 is 0. The number of benzene rings is 2. The molecule has 2 aromatic rings. The van der Waals surface area contributed by atoms with Gasteiger partial charge in [0.2, 0.25) is 0 Å². The Morgan fingerprint density at radius 2 is 1.44 bits per heavy atom. The van der Waals surface area contributed by atoms with Gasteiger partial charge >= 0.3 is 0 Å². The monoisotopic (exact) mass is 365 g/mol. The third-order valence-corrected chi connectivity index (χ3v) is 5.52. The van der Waals surface area contributed by atoms with Crippen molar-refractivity contribution < 1.29 is 9.63 Å². The summed E-state index contributed by atoms with van der Waals surface area (Å²) >= 11 is 0. The van der Waals surface area contributed by atoms with Gasteiger partial charge in [-0.25, -0.2) is 0 Å². The second-order valence-corrected chi connectivity index (χ2v) is 8.79. The van der Waals surface area contributed by atoms with E-state index < -0.39 is 6.10 Å². The number of piperidine rings is 1. The molecule has 3 nitrogen and oxygen atoms in total. The van der Waals surface area contributed by atoms with Crippen molar-refractivity contribution in [1.82, 2.24) is 5.06 Å². The van der Waals surface area contributed by atoms with Gasteiger partial charge in [0.1, 0.15) is 6.10 Å². The molecule has 1 heterocycles. The van der Waals surface area contributed by atoms with Gasteiger partial charge in [0.05, 0.1) is 0 Å². The maximum atomic E-state index is 13.3. The summed E-state index contributed by atoms with van der Waals surface area (Å²) in [6.07, 6.45) is 3.33. The standard InChI is InChI=1S/C24H31NO2/c1-23(2)16-11-17-24(3,4)25(23)27-21(18-19-12-7-5-8-13-19)22(26)20-14-9-6-10-15-20/h5-10,12-15,21H,11,16-18H2,1-4H3. The second kappa shape index (κ2) is 7.95. The van der Waals surface area contributed by atoms with Crippen LogP contribution >= 0.6 is 0 Å². The van der Waals surface area contributed by atoms with E-state index in [0.717, 1.165) is 18.4 Å². The first-order chi connectivity index (χ1) is 12.8. The molecular weight excluding hydrogens is 334 g/mol. The van der Waals surface area contributed by atoms with Crippen molar-refractivity contribution >= 4 is 5.78 Å². The molecular formula is C24H31NO2. The molecule has 2 aromatic carbocycles. The molecule has 1 atom stereocenters. The highest BCUT2D eigenvalue weighted by molar-refractivity contribution is 5.99. The van der Waals surface area contributed by atoms with E-state index in [4.69, 9.17) is 4.84 Å². The summed E-state index contributed by atoms with van der Waals surface area (Å²) in [7, 11) is 0. The van der Waals surface area contributed by atoms with Crippen molar-refractivity contribution in [2.24, 2.45) is 0 Å². The molecule has 1 aliphatic heterocycles. The van der Waals surface area contributed by atoms with Crippen molar-refractivity contribution in [3.05, 3.63) is 71.8 Å². The summed E-state index contributed by atoms with van der Waals surface area (Å²) in [5, 5.41) is 2.10. The van der Waals surface area contributed by atoms with Gasteiger partial charge in [-0.1, -0.05) is 60.7 Å². The van der Waals surface area contributed by atoms with Crippen LogP contribution in [0.2, 0.25) is 0 Å². The maximum Gasteiger partial charge on any atom is 0.194 e. The first-order valence-corrected chi connectivity index (χ1v) is 9.90. The Morgan fingerprint density at radius 1 is 0.926 bits per heavy atom. The second-order valence-electron chi connectivity index (χ2n) is 8.79. The molecule has 0 saturated carbocycles. The van der Waals surface area contributed by atoms with Crippen molar-refractivity contribution in [2.75, 3.05) is 0 Å². The number of carbonyl (C=O) groups is 1. The van der Waals surface area contributed by atoms with Gasteiger partial charge in [-0.2, -0.15) is 5.06 Å². The lowest BCUT2D eigenvalue weighted by molar-refractivity contribution is -0.294. The van der Waals surface area contributed by atoms with Gasteiger partial charge in [-0.05, 0) is 52.5 Å². The summed E-state index contributed by atoms with van der Waals surface area (Å²) in [6, 6.07) is 19.6. The minimum absolute atomic E-state index is 0.0385. The van der Waals surface area contributed by atoms with E-state index in [2.05, 4.69) is 44.9 Å². The molecule has 144 valence electrons. The normalized spacial score (nSPS) is 20.1. The average Bonchev–Trinajstić information content (AvgIpc) is 2.64. The van der Waals surface area contributed by atoms with Crippen molar-refractivity contribution in [3.8, 4) is 0 Å². The quantitative estimate of drug-likeness (QED) is 0.637. The van der Waals surface area contributed by atoms with Crippen LogP contribution in [0, 0.1) is 0 Å². The van der Waals surface area contributed by atoms with Crippen LogP contribution in [0.3, 0.4) is 0 Å². The summed E-state index contributed by atoms with van der Waals surface area (Å²) in [5.41, 5.74) is 1.60. The van der Waals surface area contributed by atoms with E-state index in [1.807, 2.05) is 48.5 Å². The number of Topliss-reactive ketones (excluding diaryl/α,β-unsaturated/α-hetero) is 1. The van der Waals surface area contributed by atoms with Gasteiger partial charge in [0.25, 0.3) is 0 Å². The predicted octanol–water partition coefficient (Wildman–Crippen LogP) is 5.46. The lowest BCUT2D eigenvalue weighted by atomic mass is 9.82. The number of rotatable bonds is 6. The molecule has 1 fully saturated rings. The number of hydrogen-bond donors (Lipinski definition) is 0. The molecule has 0 spiro atoms. The van der Waals surface area contributed by atoms with E-state index >= 15 is 0 Å². The van der Waals surface area contributed by atoms with Gasteiger partial charge in [0, 0.05) is 23.1 Å². The fraction of sp³-hybridized carbons (Fsp3) is 0.458. The number of carbonyl (C=O) groups excluding carboxylic acids is 1. The average molecular weight is 366 g/mol. The largest absolute Gasteiger partial charge is 0.291 e. The van der Waals surface area contributed by atoms with E-state index in [-0.39, 0.29) is 16.9 Å². The molecule has 0 aromatic heterocycles. The van der Waals surface area contributed by atoms with Crippen molar-refractivity contribution in [1.29, 1.82) is 0 Å². The Hall–Kier alpha value is -1.97. The topological polar surface area (TPSA) is 29.5 Å². The Balaban J connectivity index is 1.90. The smallest absolute Gasteiger partial charge is 0.194 e. The van der Waals surface area contributed by atoms with Gasteiger partial charge in [-0.3, -0.25) is 9.63 Å². The van der Waals surface area contributed by atoms with Crippen LogP contribution in [0.4, 0.5) is 0 Å². The van der Waals surface area contributed by atoms with Crippen LogP contribution in [-0.4, -0.2) is 28.0 Å². The highest BCUT2D eigenvalue weighted by Crippen LogP contribution is 2.39. The van der Waals surface area contributed by atoms with Crippen molar-refractivity contribution in [2.45, 2.75) is 70.6 Å². The minimum Gasteiger partial charge on any atom is -0.291 e. The third kappa shape index (κ3) is 4.66. The highest BCUT2D eigenvalue weighted by Gasteiger charge is 2.44. The van der Waals surface area contributed by atoms with Gasteiger partial charge in [0.15, 0.2) is 5.78 Å². The lowest BCUT2D eigenvalue weighted by Crippen LogP contribution is -2.60. The zero-order valence-electron chi connectivity index (χ0n) is 16.9. The third-order valence-electron chi connectivity index (χ3n) is 5.52. The highest BCUT2D eigenvalue weighted by atomic mass is 16.7. The van der Waals surface area contributed by atoms with Gasteiger partial charge in [-0.15, -0.1) is 0 Å². The van der Waals surface area contributed by atoms with E-state index in [1.165, 1.54) is 6.42 Å². The number of hydroxylamine groups is 2. The Kier molecular flexibility index (Phi) is 5.83. The molecule has 1 unspecified atom stereocenters. The van der Waals surface area contributed by atoms with E-state index in [0.29, 0.717) is 12.0 Å². The summed E-state index contributed by atoms with van der Waals surface area (Å²) in [6.45, 7) is 8.84. The Bertz CT molecular complexity index is 736. The molecule has 3 rings (SSSR count). The molecule has 0 radical (unpaired) electrons. The van der Waals surface area contributed by atoms with Crippen LogP contribution in [0.5, 0.6) is 0 Å². The molecule has 27 heavy (non-hydrogen) atoms. The molecule has 0 N–H and O–H groups in total. The van der Waals surface area contributed by atoms with Crippen LogP contribution in [0.1, 0.15) is 62.9 Å². The summed E-state index contributed by atoms with van der Waals surface area (Å²) in [5.74, 6) is 0.0385. The summed E-state index contributed by atoms with van der Waals surface area (Å²) in [4.78, 5) is 19.8. The molecule has 3 heteroatoms. The van der Waals surface area contributed by atoms with Crippen LogP contribution in [0.15, 0.2) is 60.7 Å². The lowest BCUT2D eigenvalue weighted by Gasteiger charge is -2.52. The molecule has 1 aliphatic rings. The first kappa shape index (κ1) is 19.8. The Labute approximate surface area is 163 Å². The maximum absolute atomic E-state index is 13.3. The van der Waals surface area contributed by atoms with Crippen LogP contribution in [0.25, 0.3) is 0 Å². The molecule has 0 amide bonds. The molecule has 0 aliphatic carbocycles.